The Morgan fingerprint density at radius 3 is 2.60 bits per heavy atom. The van der Waals surface area contributed by atoms with E-state index in [1.807, 2.05) is 0 Å². The van der Waals surface area contributed by atoms with Gasteiger partial charge in [0.1, 0.15) is 6.67 Å². The number of nitrogens with one attached hydrogen (secondary N) is 1. The minimum absolute atomic E-state index is 0.169. The Bertz CT molecular complexity index is 515. The van der Waals surface area contributed by atoms with Crippen molar-refractivity contribution in [3.8, 4) is 11.3 Å². The summed E-state index contributed by atoms with van der Waals surface area (Å²) in [5.74, 6) is -0.379. The molecule has 0 spiro atoms. The summed E-state index contributed by atoms with van der Waals surface area (Å²) in [6, 6.07) is 7.08. The standard InChI is InChI=1S/C10H7BrFNO2/c11-7-3-1-6(2-4-7)9-8(5-12)13-10(14)15-9/h1-4H,5H2,(H,13,14). The van der Waals surface area contributed by atoms with E-state index < -0.39 is 12.4 Å². The van der Waals surface area contributed by atoms with Gasteiger partial charge in [0.2, 0.25) is 0 Å². The molecule has 0 fully saturated rings. The van der Waals surface area contributed by atoms with Crippen molar-refractivity contribution in [2.45, 2.75) is 6.67 Å². The van der Waals surface area contributed by atoms with E-state index >= 15 is 0 Å². The van der Waals surface area contributed by atoms with Gasteiger partial charge < -0.3 is 4.42 Å². The van der Waals surface area contributed by atoms with Crippen LogP contribution in [0.4, 0.5) is 4.39 Å². The van der Waals surface area contributed by atoms with Crippen LogP contribution in [0.5, 0.6) is 0 Å². The fraction of sp³-hybridized carbons (Fsp3) is 0.100. The lowest BCUT2D eigenvalue weighted by molar-refractivity contribution is 0.475. The number of rotatable bonds is 2. The maximum atomic E-state index is 12.5. The van der Waals surface area contributed by atoms with Gasteiger partial charge in [0, 0.05) is 10.0 Å². The number of halogens is 2. The smallest absolute Gasteiger partial charge is 0.407 e. The molecule has 0 radical (unpaired) electrons. The van der Waals surface area contributed by atoms with Crippen molar-refractivity contribution in [1.82, 2.24) is 4.98 Å². The molecule has 5 heteroatoms. The first-order valence-electron chi connectivity index (χ1n) is 4.24. The SMILES string of the molecule is O=c1[nH]c(CF)c(-c2ccc(Br)cc2)o1. The highest BCUT2D eigenvalue weighted by Gasteiger charge is 2.11. The van der Waals surface area contributed by atoms with Crippen molar-refractivity contribution >= 4 is 15.9 Å². The van der Waals surface area contributed by atoms with Crippen LogP contribution in [0.2, 0.25) is 0 Å². The first kappa shape index (κ1) is 10.2. The highest BCUT2D eigenvalue weighted by molar-refractivity contribution is 9.10. The lowest BCUT2D eigenvalue weighted by atomic mass is 10.1. The quantitative estimate of drug-likeness (QED) is 0.913. The predicted molar refractivity (Wildman–Crippen MR) is 57.3 cm³/mol. The van der Waals surface area contributed by atoms with Gasteiger partial charge in [0.15, 0.2) is 5.76 Å². The van der Waals surface area contributed by atoms with Crippen molar-refractivity contribution in [2.24, 2.45) is 0 Å². The Hall–Kier alpha value is -1.36. The third-order valence-corrected chi connectivity index (χ3v) is 2.49. The fourth-order valence-electron chi connectivity index (χ4n) is 1.29. The number of oxazole rings is 1. The minimum atomic E-state index is -0.753. The van der Waals surface area contributed by atoms with Gasteiger partial charge in [-0.3, -0.25) is 4.98 Å². The zero-order valence-corrected chi connectivity index (χ0v) is 9.17. The molecule has 1 heterocycles. The highest BCUT2D eigenvalue weighted by Crippen LogP contribution is 2.23. The molecule has 3 nitrogen and oxygen atoms in total. The molecule has 0 unspecified atom stereocenters. The summed E-state index contributed by atoms with van der Waals surface area (Å²) in [7, 11) is 0. The van der Waals surface area contributed by atoms with Crippen LogP contribution in [0.3, 0.4) is 0 Å². The van der Waals surface area contributed by atoms with Crippen LogP contribution in [0.25, 0.3) is 11.3 Å². The van der Waals surface area contributed by atoms with Crippen LogP contribution in [0.15, 0.2) is 37.9 Å². The van der Waals surface area contributed by atoms with E-state index in [-0.39, 0.29) is 11.5 Å². The zero-order chi connectivity index (χ0) is 10.8. The molecule has 0 amide bonds. The average molecular weight is 272 g/mol. The molecule has 1 aromatic heterocycles. The van der Waals surface area contributed by atoms with Crippen LogP contribution in [-0.2, 0) is 6.67 Å². The van der Waals surface area contributed by atoms with Gasteiger partial charge in [-0.1, -0.05) is 28.1 Å². The van der Waals surface area contributed by atoms with Gasteiger partial charge in [-0.2, -0.15) is 0 Å². The largest absolute Gasteiger partial charge is 0.417 e. The summed E-state index contributed by atoms with van der Waals surface area (Å²) in [4.78, 5) is 13.2. The van der Waals surface area contributed by atoms with Gasteiger partial charge >= 0.3 is 5.76 Å². The number of aromatic amines is 1. The van der Waals surface area contributed by atoms with E-state index in [1.54, 1.807) is 24.3 Å². The molecule has 2 rings (SSSR count). The number of alkyl halides is 1. The topological polar surface area (TPSA) is 46.0 Å². The molecule has 0 bridgehead atoms. The Kier molecular flexibility index (Phi) is 2.73. The van der Waals surface area contributed by atoms with Crippen LogP contribution in [0, 0.1) is 0 Å². The predicted octanol–water partition coefficient (Wildman–Crippen LogP) is 2.87. The molecule has 0 aliphatic heterocycles. The molecule has 15 heavy (non-hydrogen) atoms. The fourth-order valence-corrected chi connectivity index (χ4v) is 1.55. The second-order valence-corrected chi connectivity index (χ2v) is 3.88. The molecule has 0 saturated carbocycles. The van der Waals surface area contributed by atoms with E-state index in [9.17, 15) is 9.18 Å². The Morgan fingerprint density at radius 1 is 1.33 bits per heavy atom. The Morgan fingerprint density at radius 2 is 2.00 bits per heavy atom. The van der Waals surface area contributed by atoms with E-state index in [4.69, 9.17) is 4.42 Å². The summed E-state index contributed by atoms with van der Waals surface area (Å²) in [6.45, 7) is -0.753. The summed E-state index contributed by atoms with van der Waals surface area (Å²) >= 11 is 3.28. The minimum Gasteiger partial charge on any atom is -0.407 e. The summed E-state index contributed by atoms with van der Waals surface area (Å²) in [5, 5.41) is 0. The van der Waals surface area contributed by atoms with E-state index in [0.29, 0.717) is 5.56 Å². The molecule has 78 valence electrons. The maximum Gasteiger partial charge on any atom is 0.417 e. The highest BCUT2D eigenvalue weighted by atomic mass is 79.9. The third-order valence-electron chi connectivity index (χ3n) is 1.96. The van der Waals surface area contributed by atoms with Crippen LogP contribution < -0.4 is 5.76 Å². The molecule has 0 aliphatic rings. The van der Waals surface area contributed by atoms with Crippen molar-refractivity contribution in [3.63, 3.8) is 0 Å². The molecular weight excluding hydrogens is 265 g/mol. The van der Waals surface area contributed by atoms with Gasteiger partial charge in [0.05, 0.1) is 5.69 Å². The van der Waals surface area contributed by atoms with Crippen molar-refractivity contribution < 1.29 is 8.81 Å². The number of hydrogen-bond acceptors (Lipinski definition) is 2. The van der Waals surface area contributed by atoms with Crippen LogP contribution in [-0.4, -0.2) is 4.98 Å². The Balaban J connectivity index is 2.53. The molecule has 2 aromatic rings. The van der Waals surface area contributed by atoms with E-state index in [1.165, 1.54) is 0 Å². The van der Waals surface area contributed by atoms with E-state index in [2.05, 4.69) is 20.9 Å². The first-order chi connectivity index (χ1) is 7.20. The average Bonchev–Trinajstić information content (AvgIpc) is 2.61. The monoisotopic (exact) mass is 271 g/mol. The van der Waals surface area contributed by atoms with Gasteiger partial charge in [-0.15, -0.1) is 0 Å². The second-order valence-electron chi connectivity index (χ2n) is 2.96. The molecular formula is C10H7BrFNO2. The van der Waals surface area contributed by atoms with Gasteiger partial charge in [-0.05, 0) is 12.1 Å². The number of benzene rings is 1. The lowest BCUT2D eigenvalue weighted by Gasteiger charge is -1.98. The summed E-state index contributed by atoms with van der Waals surface area (Å²) in [5.41, 5.74) is 0.839. The van der Waals surface area contributed by atoms with Gasteiger partial charge in [-0.25, -0.2) is 9.18 Å². The van der Waals surface area contributed by atoms with Crippen molar-refractivity contribution in [2.75, 3.05) is 0 Å². The second kappa shape index (κ2) is 4.02. The summed E-state index contributed by atoms with van der Waals surface area (Å²) in [6.07, 6.45) is 0. The van der Waals surface area contributed by atoms with Crippen LogP contribution in [0.1, 0.15) is 5.69 Å². The number of H-pyrrole nitrogens is 1. The van der Waals surface area contributed by atoms with E-state index in [0.717, 1.165) is 4.47 Å². The number of aromatic nitrogens is 1. The Labute approximate surface area is 93.1 Å². The van der Waals surface area contributed by atoms with Gasteiger partial charge in [0.25, 0.3) is 0 Å². The molecule has 0 atom stereocenters. The number of hydrogen-bond donors (Lipinski definition) is 1. The first-order valence-corrected chi connectivity index (χ1v) is 5.04. The van der Waals surface area contributed by atoms with Crippen molar-refractivity contribution in [1.29, 1.82) is 0 Å². The van der Waals surface area contributed by atoms with Crippen molar-refractivity contribution in [3.05, 3.63) is 45.0 Å². The third kappa shape index (κ3) is 2.02. The maximum absolute atomic E-state index is 12.5. The molecule has 1 N–H and O–H groups in total. The van der Waals surface area contributed by atoms with Crippen LogP contribution >= 0.6 is 15.9 Å². The molecule has 0 saturated heterocycles. The normalized spacial score (nSPS) is 10.5. The summed E-state index contributed by atoms with van der Waals surface area (Å²) < 4.78 is 18.3. The zero-order valence-electron chi connectivity index (χ0n) is 7.59. The molecule has 1 aromatic carbocycles. The lowest BCUT2D eigenvalue weighted by Crippen LogP contribution is -1.95. The molecule has 0 aliphatic carbocycles.